The van der Waals surface area contributed by atoms with Crippen LogP contribution < -0.4 is 5.32 Å². The van der Waals surface area contributed by atoms with Gasteiger partial charge in [-0.3, -0.25) is 4.79 Å². The summed E-state index contributed by atoms with van der Waals surface area (Å²) in [4.78, 5) is 21.7. The Bertz CT molecular complexity index is 888. The molecule has 3 rings (SSSR count). The standard InChI is InChI=1S/C22H23N3O2/c1-15-12-16(2)25-21(24-15)14-23-22(27)20(18-6-4-3-5-7-18)13-17-8-10-19(26)11-9-17/h3-12,20,26H,13-14H2,1-2H3,(H,23,27). The van der Waals surface area contributed by atoms with Crippen LogP contribution in [0.2, 0.25) is 0 Å². The Balaban J connectivity index is 1.77. The molecule has 0 saturated carbocycles. The third-order valence-electron chi connectivity index (χ3n) is 4.34. The molecule has 1 heterocycles. The SMILES string of the molecule is Cc1cc(C)nc(CNC(=O)C(Cc2ccc(O)cc2)c2ccccc2)n1. The number of hydrogen-bond acceptors (Lipinski definition) is 4. The van der Waals surface area contributed by atoms with E-state index in [1.807, 2.05) is 62.4 Å². The molecule has 0 fully saturated rings. The van der Waals surface area contributed by atoms with E-state index in [2.05, 4.69) is 15.3 Å². The van der Waals surface area contributed by atoms with Gasteiger partial charge in [0.2, 0.25) is 5.91 Å². The van der Waals surface area contributed by atoms with Crippen LogP contribution >= 0.6 is 0 Å². The molecule has 1 amide bonds. The highest BCUT2D eigenvalue weighted by Crippen LogP contribution is 2.22. The van der Waals surface area contributed by atoms with E-state index in [-0.39, 0.29) is 17.6 Å². The molecule has 0 aliphatic rings. The van der Waals surface area contributed by atoms with Crippen LogP contribution in [0.15, 0.2) is 60.7 Å². The third kappa shape index (κ3) is 5.14. The van der Waals surface area contributed by atoms with Gasteiger partial charge in [-0.15, -0.1) is 0 Å². The normalized spacial score (nSPS) is 11.8. The van der Waals surface area contributed by atoms with E-state index in [4.69, 9.17) is 0 Å². The van der Waals surface area contributed by atoms with Gasteiger partial charge in [0.05, 0.1) is 12.5 Å². The van der Waals surface area contributed by atoms with Crippen molar-refractivity contribution in [3.8, 4) is 5.75 Å². The van der Waals surface area contributed by atoms with Gasteiger partial charge in [0.25, 0.3) is 0 Å². The van der Waals surface area contributed by atoms with Gasteiger partial charge in [0, 0.05) is 11.4 Å². The van der Waals surface area contributed by atoms with Gasteiger partial charge in [-0.25, -0.2) is 9.97 Å². The summed E-state index contributed by atoms with van der Waals surface area (Å²) in [5, 5.41) is 12.4. The maximum Gasteiger partial charge on any atom is 0.228 e. The number of benzene rings is 2. The summed E-state index contributed by atoms with van der Waals surface area (Å²) in [5.74, 6) is 0.419. The lowest BCUT2D eigenvalue weighted by Crippen LogP contribution is -2.31. The van der Waals surface area contributed by atoms with Crippen molar-refractivity contribution in [3.63, 3.8) is 0 Å². The molecule has 0 aliphatic heterocycles. The molecule has 0 saturated heterocycles. The van der Waals surface area contributed by atoms with E-state index in [1.54, 1.807) is 12.1 Å². The minimum Gasteiger partial charge on any atom is -0.508 e. The number of rotatable bonds is 6. The number of nitrogens with zero attached hydrogens (tertiary/aromatic N) is 2. The van der Waals surface area contributed by atoms with Crippen molar-refractivity contribution in [1.29, 1.82) is 0 Å². The van der Waals surface area contributed by atoms with Crippen LogP contribution in [0.4, 0.5) is 0 Å². The smallest absolute Gasteiger partial charge is 0.228 e. The summed E-state index contributed by atoms with van der Waals surface area (Å²) in [6, 6.07) is 18.6. The van der Waals surface area contributed by atoms with Crippen molar-refractivity contribution in [3.05, 3.63) is 89.0 Å². The van der Waals surface area contributed by atoms with Crippen molar-refractivity contribution in [1.82, 2.24) is 15.3 Å². The topological polar surface area (TPSA) is 75.1 Å². The molecule has 0 aliphatic carbocycles. The van der Waals surface area contributed by atoms with Gasteiger partial charge in [0.15, 0.2) is 0 Å². The lowest BCUT2D eigenvalue weighted by Gasteiger charge is -2.17. The van der Waals surface area contributed by atoms with Crippen LogP contribution in [0.1, 0.15) is 34.3 Å². The van der Waals surface area contributed by atoms with Crippen LogP contribution in [0.3, 0.4) is 0 Å². The second kappa shape index (κ2) is 8.45. The summed E-state index contributed by atoms with van der Waals surface area (Å²) >= 11 is 0. The fourth-order valence-corrected chi connectivity index (χ4v) is 3.08. The van der Waals surface area contributed by atoms with Gasteiger partial charge in [-0.05, 0) is 49.6 Å². The van der Waals surface area contributed by atoms with Crippen LogP contribution in [0.5, 0.6) is 5.75 Å². The minimum atomic E-state index is -0.332. The molecule has 0 radical (unpaired) electrons. The van der Waals surface area contributed by atoms with Crippen LogP contribution in [0, 0.1) is 13.8 Å². The average molecular weight is 361 g/mol. The molecule has 138 valence electrons. The summed E-state index contributed by atoms with van der Waals surface area (Å²) < 4.78 is 0. The first kappa shape index (κ1) is 18.6. The highest BCUT2D eigenvalue weighted by atomic mass is 16.3. The van der Waals surface area contributed by atoms with E-state index >= 15 is 0 Å². The molecule has 27 heavy (non-hydrogen) atoms. The molecule has 3 aromatic rings. The summed E-state index contributed by atoms with van der Waals surface area (Å²) in [6.45, 7) is 4.12. The van der Waals surface area contributed by atoms with E-state index in [0.717, 1.165) is 22.5 Å². The highest BCUT2D eigenvalue weighted by molar-refractivity contribution is 5.83. The zero-order valence-electron chi connectivity index (χ0n) is 15.5. The molecule has 1 unspecified atom stereocenters. The first-order valence-corrected chi connectivity index (χ1v) is 8.93. The number of carbonyl (C=O) groups is 1. The Morgan fingerprint density at radius 3 is 2.26 bits per heavy atom. The molecule has 0 bridgehead atoms. The maximum absolute atomic E-state index is 12.9. The molecule has 0 spiro atoms. The number of phenolic OH excluding ortho intramolecular Hbond substituents is 1. The fraction of sp³-hybridized carbons (Fsp3) is 0.227. The maximum atomic E-state index is 12.9. The average Bonchev–Trinajstić information content (AvgIpc) is 2.65. The first-order valence-electron chi connectivity index (χ1n) is 8.93. The predicted molar refractivity (Wildman–Crippen MR) is 104 cm³/mol. The lowest BCUT2D eigenvalue weighted by atomic mass is 9.91. The van der Waals surface area contributed by atoms with Crippen LogP contribution in [-0.2, 0) is 17.8 Å². The summed E-state index contributed by atoms with van der Waals surface area (Å²) in [6.07, 6.45) is 0.545. The largest absolute Gasteiger partial charge is 0.508 e. The number of amides is 1. The van der Waals surface area contributed by atoms with Gasteiger partial charge >= 0.3 is 0 Å². The van der Waals surface area contributed by atoms with Crippen molar-refractivity contribution >= 4 is 5.91 Å². The molecule has 1 atom stereocenters. The van der Waals surface area contributed by atoms with Gasteiger partial charge in [-0.2, -0.15) is 0 Å². The zero-order valence-corrected chi connectivity index (χ0v) is 15.5. The molecular formula is C22H23N3O2. The monoisotopic (exact) mass is 361 g/mol. The van der Waals surface area contributed by atoms with Crippen molar-refractivity contribution in [2.45, 2.75) is 32.7 Å². The number of hydrogen-bond donors (Lipinski definition) is 2. The fourth-order valence-electron chi connectivity index (χ4n) is 3.08. The van der Waals surface area contributed by atoms with Crippen LogP contribution in [-0.4, -0.2) is 21.0 Å². The Labute approximate surface area is 159 Å². The second-order valence-electron chi connectivity index (χ2n) is 6.62. The number of nitrogens with one attached hydrogen (secondary N) is 1. The lowest BCUT2D eigenvalue weighted by molar-refractivity contribution is -0.122. The Morgan fingerprint density at radius 1 is 1.00 bits per heavy atom. The number of aryl methyl sites for hydroxylation is 2. The van der Waals surface area contributed by atoms with Crippen molar-refractivity contribution < 1.29 is 9.90 Å². The second-order valence-corrected chi connectivity index (χ2v) is 6.62. The molecule has 5 heteroatoms. The molecule has 1 aromatic heterocycles. The minimum absolute atomic E-state index is 0.0722. The molecule has 2 aromatic carbocycles. The molecule has 2 N–H and O–H groups in total. The molecular weight excluding hydrogens is 338 g/mol. The third-order valence-corrected chi connectivity index (χ3v) is 4.34. The van der Waals surface area contributed by atoms with Gasteiger partial charge in [0.1, 0.15) is 11.6 Å². The van der Waals surface area contributed by atoms with Crippen molar-refractivity contribution in [2.75, 3.05) is 0 Å². The van der Waals surface area contributed by atoms with E-state index in [9.17, 15) is 9.90 Å². The number of phenols is 1. The van der Waals surface area contributed by atoms with Crippen molar-refractivity contribution in [2.24, 2.45) is 0 Å². The Hall–Kier alpha value is -3.21. The van der Waals surface area contributed by atoms with Crippen LogP contribution in [0.25, 0.3) is 0 Å². The van der Waals surface area contributed by atoms with Gasteiger partial charge in [-0.1, -0.05) is 42.5 Å². The summed E-state index contributed by atoms with van der Waals surface area (Å²) in [7, 11) is 0. The Kier molecular flexibility index (Phi) is 5.81. The number of aromatic hydroxyl groups is 1. The number of aromatic nitrogens is 2. The Morgan fingerprint density at radius 2 is 1.63 bits per heavy atom. The zero-order chi connectivity index (χ0) is 19.2. The van der Waals surface area contributed by atoms with E-state index in [1.165, 1.54) is 0 Å². The highest BCUT2D eigenvalue weighted by Gasteiger charge is 2.21. The summed E-state index contributed by atoms with van der Waals surface area (Å²) in [5.41, 5.74) is 3.70. The predicted octanol–water partition coefficient (Wildman–Crippen LogP) is 3.44. The number of carbonyl (C=O) groups excluding carboxylic acids is 1. The quantitative estimate of drug-likeness (QED) is 0.705. The van der Waals surface area contributed by atoms with E-state index in [0.29, 0.717) is 18.8 Å². The van der Waals surface area contributed by atoms with Gasteiger partial charge < -0.3 is 10.4 Å². The van der Waals surface area contributed by atoms with E-state index < -0.39 is 0 Å². The first-order chi connectivity index (χ1) is 13.0. The molecule has 5 nitrogen and oxygen atoms in total.